The first-order chi connectivity index (χ1) is 13.7. The zero-order valence-corrected chi connectivity index (χ0v) is 18.0. The van der Waals surface area contributed by atoms with E-state index < -0.39 is 26.6 Å². The van der Waals surface area contributed by atoms with E-state index in [-0.39, 0.29) is 5.56 Å². The molecule has 10 heteroatoms. The minimum absolute atomic E-state index is 0.0169. The summed E-state index contributed by atoms with van der Waals surface area (Å²) in [7, 11) is -1.43. The summed E-state index contributed by atoms with van der Waals surface area (Å²) in [5.74, 6) is -1.06. The van der Waals surface area contributed by atoms with Crippen LogP contribution in [-0.4, -0.2) is 42.5 Å². The van der Waals surface area contributed by atoms with Crippen molar-refractivity contribution in [2.45, 2.75) is 11.4 Å². The van der Waals surface area contributed by atoms with E-state index >= 15 is 0 Å². The van der Waals surface area contributed by atoms with Gasteiger partial charge in [-0.2, -0.15) is 5.10 Å². The number of amides is 1. The monoisotopic (exact) mass is 480 g/mol. The van der Waals surface area contributed by atoms with Gasteiger partial charge in [-0.1, -0.05) is 28.1 Å². The molecule has 0 atom stereocenters. The van der Waals surface area contributed by atoms with Gasteiger partial charge in [-0.15, -0.1) is 0 Å². The van der Waals surface area contributed by atoms with E-state index in [1.54, 1.807) is 16.9 Å². The molecule has 0 saturated carbocycles. The molecule has 2 aromatic carbocycles. The van der Waals surface area contributed by atoms with Gasteiger partial charge in [0.05, 0.1) is 12.7 Å². The van der Waals surface area contributed by atoms with Crippen molar-refractivity contribution >= 4 is 37.7 Å². The second kappa shape index (κ2) is 8.44. The average Bonchev–Trinajstić information content (AvgIpc) is 3.10. The number of benzene rings is 2. The van der Waals surface area contributed by atoms with E-state index in [1.807, 2.05) is 24.3 Å². The van der Waals surface area contributed by atoms with Gasteiger partial charge in [0.25, 0.3) is 5.91 Å². The van der Waals surface area contributed by atoms with Crippen molar-refractivity contribution in [3.8, 4) is 0 Å². The third-order valence-corrected chi connectivity index (χ3v) is 6.51. The van der Waals surface area contributed by atoms with Crippen LogP contribution in [-0.2, 0) is 16.6 Å². The molecule has 0 unspecified atom stereocenters. The highest BCUT2D eigenvalue weighted by molar-refractivity contribution is 9.10. The lowest BCUT2D eigenvalue weighted by Gasteiger charge is -2.13. The highest BCUT2D eigenvalue weighted by atomic mass is 79.9. The summed E-state index contributed by atoms with van der Waals surface area (Å²) in [6.45, 7) is 0.430. The molecule has 0 aliphatic carbocycles. The van der Waals surface area contributed by atoms with Crippen molar-refractivity contribution in [3.05, 3.63) is 76.1 Å². The first-order valence-electron chi connectivity index (χ1n) is 8.48. The van der Waals surface area contributed by atoms with E-state index in [2.05, 4.69) is 26.3 Å². The predicted molar refractivity (Wildman–Crippen MR) is 111 cm³/mol. The molecule has 0 bridgehead atoms. The second-order valence-electron chi connectivity index (χ2n) is 6.39. The van der Waals surface area contributed by atoms with Crippen LogP contribution in [0, 0.1) is 5.82 Å². The molecule has 1 aromatic heterocycles. The highest BCUT2D eigenvalue weighted by Gasteiger charge is 2.23. The molecule has 3 aromatic rings. The maximum Gasteiger partial charge on any atom is 0.256 e. The van der Waals surface area contributed by atoms with Gasteiger partial charge >= 0.3 is 0 Å². The average molecular weight is 481 g/mol. The lowest BCUT2D eigenvalue weighted by molar-refractivity contribution is 0.102. The molecule has 1 heterocycles. The van der Waals surface area contributed by atoms with Gasteiger partial charge in [-0.3, -0.25) is 4.79 Å². The Morgan fingerprint density at radius 3 is 2.52 bits per heavy atom. The van der Waals surface area contributed by atoms with Crippen LogP contribution in [0.3, 0.4) is 0 Å². The number of hydrogen-bond acceptors (Lipinski definition) is 4. The quantitative estimate of drug-likeness (QED) is 0.586. The minimum atomic E-state index is -4.02. The number of rotatable bonds is 6. The fourth-order valence-corrected chi connectivity index (χ4v) is 3.80. The van der Waals surface area contributed by atoms with Gasteiger partial charge < -0.3 is 5.32 Å². The van der Waals surface area contributed by atoms with E-state index in [0.717, 1.165) is 26.5 Å². The molecule has 0 spiro atoms. The number of nitrogens with one attached hydrogen (secondary N) is 1. The molecule has 0 aliphatic heterocycles. The molecular weight excluding hydrogens is 463 g/mol. The van der Waals surface area contributed by atoms with Crippen LogP contribution in [0.4, 0.5) is 10.2 Å². The Bertz CT molecular complexity index is 1140. The summed E-state index contributed by atoms with van der Waals surface area (Å²) in [6, 6.07) is 12.5. The molecule has 29 heavy (non-hydrogen) atoms. The molecule has 7 nitrogen and oxygen atoms in total. The van der Waals surface area contributed by atoms with Crippen molar-refractivity contribution in [1.29, 1.82) is 0 Å². The van der Waals surface area contributed by atoms with Crippen molar-refractivity contribution in [2.24, 2.45) is 0 Å². The molecule has 152 valence electrons. The van der Waals surface area contributed by atoms with E-state index in [4.69, 9.17) is 0 Å². The number of hydrogen-bond donors (Lipinski definition) is 1. The number of sulfonamides is 1. The summed E-state index contributed by atoms with van der Waals surface area (Å²) in [5.41, 5.74) is 0.997. The molecule has 0 aliphatic rings. The summed E-state index contributed by atoms with van der Waals surface area (Å²) in [5, 5.41) is 6.89. The van der Waals surface area contributed by atoms with Crippen LogP contribution in [0.15, 0.2) is 64.1 Å². The van der Waals surface area contributed by atoms with Crippen LogP contribution in [0.2, 0.25) is 0 Å². The van der Waals surface area contributed by atoms with Crippen molar-refractivity contribution in [1.82, 2.24) is 14.1 Å². The predicted octanol–water partition coefficient (Wildman–Crippen LogP) is 3.34. The summed E-state index contributed by atoms with van der Waals surface area (Å²) >= 11 is 3.38. The van der Waals surface area contributed by atoms with Gasteiger partial charge in [-0.25, -0.2) is 21.8 Å². The van der Waals surface area contributed by atoms with Gasteiger partial charge in [0.2, 0.25) is 10.0 Å². The lowest BCUT2D eigenvalue weighted by atomic mass is 10.2. The molecule has 0 saturated heterocycles. The van der Waals surface area contributed by atoms with Crippen LogP contribution in [0.25, 0.3) is 0 Å². The molecule has 3 rings (SSSR count). The van der Waals surface area contributed by atoms with Crippen molar-refractivity contribution in [3.63, 3.8) is 0 Å². The van der Waals surface area contributed by atoms with E-state index in [0.29, 0.717) is 12.4 Å². The molecular formula is C19H18BrFN4O3S. The number of halogens is 2. The molecule has 0 radical (unpaired) electrons. The molecule has 1 amide bonds. The smallest absolute Gasteiger partial charge is 0.256 e. The Morgan fingerprint density at radius 1 is 1.17 bits per heavy atom. The SMILES string of the molecule is CN(C)S(=O)(=O)c1cc(C(=O)Nc2ccnn2Cc2ccc(Br)cc2)ccc1F. The third kappa shape index (κ3) is 4.72. The Labute approximate surface area is 176 Å². The number of carbonyl (C=O) groups excluding carboxylic acids is 1. The van der Waals surface area contributed by atoms with E-state index in [1.165, 1.54) is 20.2 Å². The van der Waals surface area contributed by atoms with Crippen molar-refractivity contribution < 1.29 is 17.6 Å². The first kappa shape index (κ1) is 21.2. The van der Waals surface area contributed by atoms with Gasteiger partial charge in [0, 0.05) is 30.2 Å². The van der Waals surface area contributed by atoms with Crippen LogP contribution in [0.1, 0.15) is 15.9 Å². The first-order valence-corrected chi connectivity index (χ1v) is 10.7. The number of nitrogens with zero attached hydrogens (tertiary/aromatic N) is 3. The number of carbonyl (C=O) groups is 1. The Kier molecular flexibility index (Phi) is 6.15. The van der Waals surface area contributed by atoms with Crippen LogP contribution in [0.5, 0.6) is 0 Å². The Hall–Kier alpha value is -2.56. The topological polar surface area (TPSA) is 84.3 Å². The number of anilines is 1. The van der Waals surface area contributed by atoms with Crippen molar-refractivity contribution in [2.75, 3.05) is 19.4 Å². The van der Waals surface area contributed by atoms with Crippen LogP contribution >= 0.6 is 15.9 Å². The third-order valence-electron chi connectivity index (χ3n) is 4.16. The van der Waals surface area contributed by atoms with Gasteiger partial charge in [-0.05, 0) is 35.9 Å². The van der Waals surface area contributed by atoms with Gasteiger partial charge in [0.1, 0.15) is 16.5 Å². The summed E-state index contributed by atoms with van der Waals surface area (Å²) in [4.78, 5) is 12.1. The summed E-state index contributed by atoms with van der Waals surface area (Å²) in [6.07, 6.45) is 1.54. The maximum atomic E-state index is 14.0. The van der Waals surface area contributed by atoms with Crippen LogP contribution < -0.4 is 5.32 Å². The largest absolute Gasteiger partial charge is 0.307 e. The standard InChI is InChI=1S/C19H18BrFN4O3S/c1-24(2)29(27,28)17-11-14(5-8-16(17)21)19(26)23-18-9-10-22-25(18)12-13-3-6-15(20)7-4-13/h3-11H,12H2,1-2H3,(H,23,26). The van der Waals surface area contributed by atoms with Gasteiger partial charge in [0.15, 0.2) is 0 Å². The molecule has 0 fully saturated rings. The number of aromatic nitrogens is 2. The minimum Gasteiger partial charge on any atom is -0.307 e. The zero-order valence-electron chi connectivity index (χ0n) is 15.6. The Morgan fingerprint density at radius 2 is 1.86 bits per heavy atom. The second-order valence-corrected chi connectivity index (χ2v) is 9.42. The highest BCUT2D eigenvalue weighted by Crippen LogP contribution is 2.20. The fourth-order valence-electron chi connectivity index (χ4n) is 2.56. The van der Waals surface area contributed by atoms with E-state index in [9.17, 15) is 17.6 Å². The lowest BCUT2D eigenvalue weighted by Crippen LogP contribution is -2.24. The summed E-state index contributed by atoms with van der Waals surface area (Å²) < 4.78 is 42.0. The Balaban J connectivity index is 1.83. The maximum absolute atomic E-state index is 14.0. The molecule has 1 N–H and O–H groups in total. The zero-order chi connectivity index (χ0) is 21.2. The fraction of sp³-hybridized carbons (Fsp3) is 0.158. The normalized spacial score (nSPS) is 11.6.